The molecule has 0 radical (unpaired) electrons. The predicted octanol–water partition coefficient (Wildman–Crippen LogP) is 26.0. The fourth-order valence-corrected chi connectivity index (χ4v) is 10.0. The summed E-state index contributed by atoms with van der Waals surface area (Å²) in [6, 6.07) is 0. The van der Waals surface area contributed by atoms with Crippen molar-refractivity contribution >= 4 is 11.9 Å². The monoisotopic (exact) mass is 1210 g/mol. The number of hydrogen-bond donors (Lipinski definition) is 1. The first kappa shape index (κ1) is 83.3. The van der Waals surface area contributed by atoms with E-state index in [4.69, 9.17) is 9.47 Å². The van der Waals surface area contributed by atoms with Crippen molar-refractivity contribution in [2.75, 3.05) is 13.2 Å². The molecule has 0 heterocycles. The van der Waals surface area contributed by atoms with Crippen molar-refractivity contribution in [2.24, 2.45) is 0 Å². The summed E-state index contributed by atoms with van der Waals surface area (Å²) in [5, 5.41) is 9.71. The molecule has 0 bridgehead atoms. The van der Waals surface area contributed by atoms with Gasteiger partial charge in [-0.2, -0.15) is 0 Å². The molecule has 0 spiro atoms. The van der Waals surface area contributed by atoms with Gasteiger partial charge < -0.3 is 14.6 Å². The van der Waals surface area contributed by atoms with Crippen LogP contribution in [0, 0.1) is 0 Å². The Kier molecular flexibility index (Phi) is 72.4. The highest BCUT2D eigenvalue weighted by Crippen LogP contribution is 2.17. The maximum atomic E-state index is 12.4. The van der Waals surface area contributed by atoms with E-state index >= 15 is 0 Å². The van der Waals surface area contributed by atoms with Gasteiger partial charge in [0.25, 0.3) is 0 Å². The van der Waals surface area contributed by atoms with Crippen LogP contribution in [0.25, 0.3) is 0 Å². The highest BCUT2D eigenvalue weighted by Gasteiger charge is 2.16. The van der Waals surface area contributed by atoms with Crippen molar-refractivity contribution in [3.8, 4) is 0 Å². The van der Waals surface area contributed by atoms with Gasteiger partial charge in [0.2, 0.25) is 0 Å². The molecule has 1 unspecified atom stereocenters. The molecule has 5 heteroatoms. The Balaban J connectivity index is 3.58. The van der Waals surface area contributed by atoms with Crippen LogP contribution < -0.4 is 0 Å². The van der Waals surface area contributed by atoms with Gasteiger partial charge in [0.15, 0.2) is 6.10 Å². The number of allylic oxidation sites excluding steroid dienone is 28. The van der Waals surface area contributed by atoms with Gasteiger partial charge in [0.1, 0.15) is 6.61 Å². The molecular weight excluding hydrogens is 1080 g/mol. The number of ether oxygens (including phenoxy) is 2. The second-order valence-electron chi connectivity index (χ2n) is 23.9. The van der Waals surface area contributed by atoms with E-state index in [0.717, 1.165) is 135 Å². The van der Waals surface area contributed by atoms with Crippen LogP contribution in [0.2, 0.25) is 0 Å². The Morgan fingerprint density at radius 2 is 0.489 bits per heavy atom. The minimum Gasteiger partial charge on any atom is -0.462 e. The molecule has 498 valence electrons. The first-order valence-electron chi connectivity index (χ1n) is 36.7. The Labute approximate surface area is 544 Å². The van der Waals surface area contributed by atoms with Crippen LogP contribution in [0.3, 0.4) is 0 Å². The molecular formula is C83H136O5. The summed E-state index contributed by atoms with van der Waals surface area (Å²) in [5.41, 5.74) is 0. The Morgan fingerprint density at radius 3 is 0.739 bits per heavy atom. The molecule has 1 N–H and O–H groups in total. The summed E-state index contributed by atoms with van der Waals surface area (Å²) >= 11 is 0. The van der Waals surface area contributed by atoms with Gasteiger partial charge >= 0.3 is 11.9 Å². The summed E-state index contributed by atoms with van der Waals surface area (Å²) in [6.07, 6.45) is 118. The highest BCUT2D eigenvalue weighted by atomic mass is 16.6. The molecule has 0 rings (SSSR count). The van der Waals surface area contributed by atoms with Crippen molar-refractivity contribution in [1.82, 2.24) is 0 Å². The van der Waals surface area contributed by atoms with E-state index in [1.807, 2.05) is 0 Å². The van der Waals surface area contributed by atoms with E-state index < -0.39 is 6.10 Å². The molecule has 0 saturated carbocycles. The predicted molar refractivity (Wildman–Crippen MR) is 389 cm³/mol. The molecule has 0 aliphatic carbocycles. The third kappa shape index (κ3) is 73.7. The summed E-state index contributed by atoms with van der Waals surface area (Å²) in [4.78, 5) is 24.7. The van der Waals surface area contributed by atoms with E-state index in [9.17, 15) is 14.7 Å². The number of aliphatic hydroxyl groups is 1. The Bertz CT molecular complexity index is 1910. The van der Waals surface area contributed by atoms with Crippen LogP contribution in [0.4, 0.5) is 0 Å². The standard InChI is InChI=1S/C83H136O5/c1-3-5-7-9-11-13-15-17-19-21-23-25-27-29-31-33-35-37-38-39-40-41-42-43-44-46-48-50-52-54-56-58-60-62-64-66-68-70-72-74-76-78-83(86)88-81(79-84)80-87-82(85)77-75-73-71-69-67-65-63-61-59-57-55-53-51-49-47-45-36-34-32-30-28-26-24-22-20-18-16-14-12-10-8-6-4-2/h5,7,11,13,16-19,22-25,29,31,35,37,39-40,42-43,46,48,52,54,58,60,64,66,81,84H,3-4,6,8-10,12,14-15,20-21,26-28,30,32-34,36,38,41,44-45,47,49-51,53,55-57,59,61-63,65,67-80H2,1-2H3/b7-5-,13-11-,18-16-,19-17-,24-22-,25-23-,31-29-,37-35-,40-39-,43-42-,48-46-,54-52-,60-58-,66-64-. The lowest BCUT2D eigenvalue weighted by Gasteiger charge is -2.15. The summed E-state index contributed by atoms with van der Waals surface area (Å²) in [6.45, 7) is 4.01. The van der Waals surface area contributed by atoms with Crippen LogP contribution in [-0.2, 0) is 19.1 Å². The van der Waals surface area contributed by atoms with Crippen molar-refractivity contribution in [2.45, 2.75) is 328 Å². The van der Waals surface area contributed by atoms with Crippen LogP contribution in [0.15, 0.2) is 170 Å². The average Bonchev–Trinajstić information content (AvgIpc) is 3.56. The lowest BCUT2D eigenvalue weighted by Crippen LogP contribution is -2.28. The van der Waals surface area contributed by atoms with Gasteiger partial charge in [-0.3, -0.25) is 9.59 Å². The van der Waals surface area contributed by atoms with Crippen molar-refractivity contribution in [3.63, 3.8) is 0 Å². The lowest BCUT2D eigenvalue weighted by molar-refractivity contribution is -0.161. The zero-order valence-electron chi connectivity index (χ0n) is 57.2. The quantitative estimate of drug-likeness (QED) is 0.0373. The molecule has 0 aliphatic heterocycles. The second-order valence-corrected chi connectivity index (χ2v) is 23.9. The molecule has 0 aromatic heterocycles. The number of carbonyl (C=O) groups excluding carboxylic acids is 2. The van der Waals surface area contributed by atoms with Gasteiger partial charge in [-0.25, -0.2) is 0 Å². The van der Waals surface area contributed by atoms with E-state index in [1.165, 1.54) is 161 Å². The molecule has 0 aromatic carbocycles. The molecule has 0 aliphatic rings. The molecule has 88 heavy (non-hydrogen) atoms. The van der Waals surface area contributed by atoms with Crippen molar-refractivity contribution < 1.29 is 24.2 Å². The third-order valence-corrected chi connectivity index (χ3v) is 15.5. The number of hydrogen-bond acceptors (Lipinski definition) is 5. The SMILES string of the molecule is CC/C=C\C/C=C\C/C=C\C/C=C\C/C=C\C/C=C\C/C=C\C/C=C\C/C=C\C/C=C\C/C=C\C/C=C\CCCCCCC(=O)OC(CO)COC(=O)CCCCCCCCCCCCCCCCCCCCCCC/C=C\C/C=C\CCCCCCC. The molecule has 0 amide bonds. The number of unbranched alkanes of at least 4 members (excludes halogenated alkanes) is 30. The number of esters is 2. The number of carbonyl (C=O) groups is 2. The van der Waals surface area contributed by atoms with E-state index in [1.54, 1.807) is 0 Å². The van der Waals surface area contributed by atoms with Crippen molar-refractivity contribution in [3.05, 3.63) is 170 Å². The van der Waals surface area contributed by atoms with Crippen LogP contribution in [0.5, 0.6) is 0 Å². The summed E-state index contributed by atoms with van der Waals surface area (Å²) in [7, 11) is 0. The minimum atomic E-state index is -0.798. The lowest BCUT2D eigenvalue weighted by atomic mass is 10.0. The first-order chi connectivity index (χ1) is 43.6. The minimum absolute atomic E-state index is 0.0834. The molecule has 5 nitrogen and oxygen atoms in total. The largest absolute Gasteiger partial charge is 0.462 e. The van der Waals surface area contributed by atoms with Gasteiger partial charge in [-0.15, -0.1) is 0 Å². The first-order valence-corrected chi connectivity index (χ1v) is 36.7. The van der Waals surface area contributed by atoms with Crippen LogP contribution in [0.1, 0.15) is 322 Å². The van der Waals surface area contributed by atoms with Crippen molar-refractivity contribution in [1.29, 1.82) is 0 Å². The molecule has 0 fully saturated rings. The van der Waals surface area contributed by atoms with E-state index in [-0.39, 0.29) is 25.2 Å². The number of aliphatic hydroxyl groups excluding tert-OH is 1. The summed E-state index contributed by atoms with van der Waals surface area (Å²) < 4.78 is 10.7. The Hall–Kier alpha value is -4.74. The zero-order chi connectivity index (χ0) is 63.3. The fourth-order valence-electron chi connectivity index (χ4n) is 10.0. The Morgan fingerprint density at radius 1 is 0.273 bits per heavy atom. The second kappa shape index (κ2) is 76.5. The van der Waals surface area contributed by atoms with E-state index in [2.05, 4.69) is 184 Å². The topological polar surface area (TPSA) is 72.8 Å². The average molecular weight is 1210 g/mol. The summed E-state index contributed by atoms with van der Waals surface area (Å²) in [5.74, 6) is -0.620. The molecule has 0 saturated heterocycles. The third-order valence-electron chi connectivity index (χ3n) is 15.5. The maximum Gasteiger partial charge on any atom is 0.306 e. The van der Waals surface area contributed by atoms with E-state index in [0.29, 0.717) is 12.8 Å². The normalized spacial score (nSPS) is 13.3. The highest BCUT2D eigenvalue weighted by molar-refractivity contribution is 5.70. The molecule has 0 aromatic rings. The van der Waals surface area contributed by atoms with Gasteiger partial charge in [-0.05, 0) is 135 Å². The molecule has 1 atom stereocenters. The van der Waals surface area contributed by atoms with Crippen LogP contribution in [-0.4, -0.2) is 36.4 Å². The zero-order valence-corrected chi connectivity index (χ0v) is 57.2. The van der Waals surface area contributed by atoms with Gasteiger partial charge in [0.05, 0.1) is 6.61 Å². The van der Waals surface area contributed by atoms with Gasteiger partial charge in [-0.1, -0.05) is 344 Å². The maximum absolute atomic E-state index is 12.4. The van der Waals surface area contributed by atoms with Gasteiger partial charge in [0, 0.05) is 12.8 Å². The number of rotatable bonds is 66. The van der Waals surface area contributed by atoms with Crippen LogP contribution >= 0.6 is 0 Å². The smallest absolute Gasteiger partial charge is 0.306 e. The fraction of sp³-hybridized carbons (Fsp3) is 0.639.